The molecule has 7 heteroatoms. The summed E-state index contributed by atoms with van der Waals surface area (Å²) in [6, 6.07) is 0. The molecule has 0 unspecified atom stereocenters. The molecule has 0 radical (unpaired) electrons. The van der Waals surface area contributed by atoms with Crippen molar-refractivity contribution >= 4 is 17.9 Å². The lowest BCUT2D eigenvalue weighted by atomic mass is 9.49. The molecule has 0 heterocycles. The van der Waals surface area contributed by atoms with Gasteiger partial charge in [0.25, 0.3) is 0 Å². The molecular weight excluding hydrogens is 306 g/mol. The van der Waals surface area contributed by atoms with Crippen LogP contribution < -0.4 is 17.2 Å². The van der Waals surface area contributed by atoms with Crippen LogP contribution in [0.2, 0.25) is 0 Å². The highest BCUT2D eigenvalue weighted by Crippen LogP contribution is 2.59. The largest absolute Gasteiger partial charge is 0.481 e. The maximum absolute atomic E-state index is 11.3. The fourth-order valence-corrected chi connectivity index (χ4v) is 4.89. The number of aliphatic carboxylic acids is 1. The lowest BCUT2D eigenvalue weighted by molar-refractivity contribution is -0.164. The predicted molar refractivity (Wildman–Crippen MR) is 95.4 cm³/mol. The molecule has 136 valence electrons. The van der Waals surface area contributed by atoms with Gasteiger partial charge in [-0.1, -0.05) is 13.3 Å². The van der Waals surface area contributed by atoms with E-state index in [0.29, 0.717) is 6.54 Å². The molecule has 0 aromatic carbocycles. The number of carboxylic acids is 1. The Labute approximate surface area is 143 Å². The van der Waals surface area contributed by atoms with Crippen LogP contribution in [0.1, 0.15) is 58.3 Å². The number of hydrogen-bond acceptors (Lipinski definition) is 2. The fourth-order valence-electron chi connectivity index (χ4n) is 4.89. The molecule has 4 rings (SSSR count). The average molecular weight is 337 g/mol. The first-order chi connectivity index (χ1) is 11.3. The van der Waals surface area contributed by atoms with Crippen molar-refractivity contribution < 1.29 is 9.90 Å². The van der Waals surface area contributed by atoms with Crippen LogP contribution in [0.5, 0.6) is 0 Å². The number of rotatable bonds is 4. The van der Waals surface area contributed by atoms with Gasteiger partial charge in [0.05, 0.1) is 5.41 Å². The molecule has 0 spiro atoms. The molecule has 4 saturated carbocycles. The number of hydrogen-bond donors (Lipinski definition) is 4. The van der Waals surface area contributed by atoms with E-state index in [0.717, 1.165) is 49.9 Å². The molecule has 4 aliphatic carbocycles. The molecule has 24 heavy (non-hydrogen) atoms. The van der Waals surface area contributed by atoms with Gasteiger partial charge in [-0.15, -0.1) is 0 Å². The van der Waals surface area contributed by atoms with Crippen LogP contribution in [-0.4, -0.2) is 29.5 Å². The molecule has 7 N–H and O–H groups in total. The zero-order chi connectivity index (χ0) is 17.7. The number of nitrogens with zero attached hydrogens (tertiary/aromatic N) is 2. The highest BCUT2D eigenvalue weighted by Gasteiger charge is 2.54. The molecule has 0 atom stereocenters. The van der Waals surface area contributed by atoms with Crippen molar-refractivity contribution in [2.75, 3.05) is 6.54 Å². The van der Waals surface area contributed by atoms with E-state index in [1.165, 1.54) is 19.3 Å². The first kappa shape index (κ1) is 18.5. The zero-order valence-corrected chi connectivity index (χ0v) is 14.6. The summed E-state index contributed by atoms with van der Waals surface area (Å²) in [5.74, 6) is 1.85. The summed E-state index contributed by atoms with van der Waals surface area (Å²) >= 11 is 0. The number of carbonyl (C=O) groups is 1. The minimum absolute atomic E-state index is 0.0530. The summed E-state index contributed by atoms with van der Waals surface area (Å²) in [6.07, 6.45) is 9.00. The Kier molecular flexibility index (Phi) is 6.07. The summed E-state index contributed by atoms with van der Waals surface area (Å²) in [5, 5.41) is 9.28. The second kappa shape index (κ2) is 7.85. The van der Waals surface area contributed by atoms with E-state index < -0.39 is 5.97 Å². The van der Waals surface area contributed by atoms with Crippen LogP contribution in [0, 0.1) is 23.2 Å². The Morgan fingerprint density at radius 2 is 1.58 bits per heavy atom. The lowest BCUT2D eigenvalue weighted by Gasteiger charge is -2.54. The third kappa shape index (κ3) is 4.61. The second-order valence-corrected chi connectivity index (χ2v) is 7.63. The van der Waals surface area contributed by atoms with Gasteiger partial charge in [0.15, 0.2) is 5.96 Å². The Bertz CT molecular complexity index is 476. The Morgan fingerprint density at radius 3 is 1.96 bits per heavy atom. The van der Waals surface area contributed by atoms with Crippen molar-refractivity contribution in [3.8, 4) is 0 Å². The number of nitrogens with two attached hydrogens (primary N) is 3. The van der Waals surface area contributed by atoms with E-state index >= 15 is 0 Å². The summed E-state index contributed by atoms with van der Waals surface area (Å²) in [7, 11) is 0. The van der Waals surface area contributed by atoms with E-state index in [2.05, 4.69) is 16.9 Å². The van der Waals surface area contributed by atoms with Crippen molar-refractivity contribution in [2.45, 2.75) is 58.3 Å². The standard InChI is InChI=1S/C11H16O2.C6H15N5/c12-10(13)11-4-7-1-8(5-11)3-9(2-7)6-11;1-2-3-4-10-6(9)11-5(7)8/h7-9H,1-6H2,(H,12,13);2-4H2,1H3,(H6,7,8,9,10,11). The zero-order valence-electron chi connectivity index (χ0n) is 14.6. The topological polar surface area (TPSA) is 140 Å². The van der Waals surface area contributed by atoms with E-state index in [1.54, 1.807) is 0 Å². The maximum atomic E-state index is 11.3. The fraction of sp³-hybridized carbons (Fsp3) is 0.824. The third-order valence-corrected chi connectivity index (χ3v) is 5.52. The molecule has 0 aromatic rings. The molecule has 4 aliphatic rings. The van der Waals surface area contributed by atoms with Crippen LogP contribution in [0.25, 0.3) is 0 Å². The number of guanidine groups is 2. The first-order valence-electron chi connectivity index (χ1n) is 8.97. The van der Waals surface area contributed by atoms with Crippen molar-refractivity contribution in [3.05, 3.63) is 0 Å². The van der Waals surface area contributed by atoms with Crippen molar-refractivity contribution in [1.29, 1.82) is 0 Å². The average Bonchev–Trinajstić information content (AvgIpc) is 2.46. The quantitative estimate of drug-likeness (QED) is 0.351. The summed E-state index contributed by atoms with van der Waals surface area (Å²) in [5.41, 5.74) is 15.2. The molecule has 0 aliphatic heterocycles. The predicted octanol–water partition coefficient (Wildman–Crippen LogP) is 1.66. The Morgan fingerprint density at radius 1 is 1.08 bits per heavy atom. The van der Waals surface area contributed by atoms with E-state index in [1.807, 2.05) is 0 Å². The van der Waals surface area contributed by atoms with E-state index in [9.17, 15) is 9.90 Å². The minimum atomic E-state index is -0.508. The van der Waals surface area contributed by atoms with Gasteiger partial charge in [-0.2, -0.15) is 4.99 Å². The second-order valence-electron chi connectivity index (χ2n) is 7.63. The van der Waals surface area contributed by atoms with Crippen molar-refractivity contribution in [2.24, 2.45) is 50.4 Å². The monoisotopic (exact) mass is 337 g/mol. The minimum Gasteiger partial charge on any atom is -0.481 e. The van der Waals surface area contributed by atoms with E-state index in [4.69, 9.17) is 17.2 Å². The van der Waals surface area contributed by atoms with Crippen LogP contribution in [0.15, 0.2) is 9.98 Å². The SMILES string of the molecule is CCCCN=C(N)N=C(N)N.O=C(O)C12CC3CC(CC(C3)C1)C2. The summed E-state index contributed by atoms with van der Waals surface area (Å²) in [4.78, 5) is 18.7. The van der Waals surface area contributed by atoms with Gasteiger partial charge in [-0.3, -0.25) is 9.79 Å². The number of unbranched alkanes of at least 4 members (excludes halogenated alkanes) is 1. The van der Waals surface area contributed by atoms with Gasteiger partial charge in [0, 0.05) is 6.54 Å². The van der Waals surface area contributed by atoms with Crippen LogP contribution in [0.3, 0.4) is 0 Å². The Hall–Kier alpha value is -1.79. The van der Waals surface area contributed by atoms with Gasteiger partial charge < -0.3 is 22.3 Å². The van der Waals surface area contributed by atoms with E-state index in [-0.39, 0.29) is 17.3 Å². The van der Waals surface area contributed by atoms with Crippen LogP contribution in [0.4, 0.5) is 0 Å². The molecule has 7 nitrogen and oxygen atoms in total. The number of aliphatic imine (C=N–C) groups is 2. The molecule has 4 fully saturated rings. The highest BCUT2D eigenvalue weighted by atomic mass is 16.4. The smallest absolute Gasteiger partial charge is 0.309 e. The van der Waals surface area contributed by atoms with Crippen LogP contribution >= 0.6 is 0 Å². The molecule has 0 amide bonds. The number of carboxylic acid groups (broad SMARTS) is 1. The molecule has 0 aromatic heterocycles. The van der Waals surface area contributed by atoms with Gasteiger partial charge >= 0.3 is 5.97 Å². The highest BCUT2D eigenvalue weighted by molar-refractivity contribution is 5.92. The van der Waals surface area contributed by atoms with Crippen molar-refractivity contribution in [1.82, 2.24) is 0 Å². The summed E-state index contributed by atoms with van der Waals surface area (Å²) < 4.78 is 0. The van der Waals surface area contributed by atoms with Gasteiger partial charge in [0.2, 0.25) is 5.96 Å². The maximum Gasteiger partial charge on any atom is 0.309 e. The first-order valence-corrected chi connectivity index (χ1v) is 8.97. The van der Waals surface area contributed by atoms with Gasteiger partial charge in [-0.05, 0) is 62.7 Å². The van der Waals surface area contributed by atoms with Crippen molar-refractivity contribution in [3.63, 3.8) is 0 Å². The van der Waals surface area contributed by atoms with Gasteiger partial charge in [0.1, 0.15) is 0 Å². The molecule has 0 saturated heterocycles. The summed E-state index contributed by atoms with van der Waals surface area (Å²) in [6.45, 7) is 2.76. The molecule has 4 bridgehead atoms. The normalized spacial score (nSPS) is 33.5. The van der Waals surface area contributed by atoms with Gasteiger partial charge in [-0.25, -0.2) is 0 Å². The lowest BCUT2D eigenvalue weighted by Crippen LogP contribution is -2.49. The Balaban J connectivity index is 0.000000178. The van der Waals surface area contributed by atoms with Crippen LogP contribution in [-0.2, 0) is 4.79 Å². The third-order valence-electron chi connectivity index (χ3n) is 5.52. The molecular formula is C17H31N5O2.